The Kier molecular flexibility index (Phi) is 6.49. The Balaban J connectivity index is 3.86. The highest BCUT2D eigenvalue weighted by atomic mass is 16.2. The van der Waals surface area contributed by atoms with Crippen molar-refractivity contribution in [3.8, 4) is 0 Å². The van der Waals surface area contributed by atoms with Crippen LogP contribution < -0.4 is 11.1 Å². The summed E-state index contributed by atoms with van der Waals surface area (Å²) in [5.74, 6) is 0.0469. The summed E-state index contributed by atoms with van der Waals surface area (Å²) in [6, 6.07) is -0.0748. The largest absolute Gasteiger partial charge is 0.345 e. The maximum Gasteiger partial charge on any atom is 0.226 e. The summed E-state index contributed by atoms with van der Waals surface area (Å²) in [5, 5.41) is 3.05. The zero-order chi connectivity index (χ0) is 11.1. The fourth-order valence-corrected chi connectivity index (χ4v) is 1.18. The average Bonchev–Trinajstić information content (AvgIpc) is 2.15. The van der Waals surface area contributed by atoms with Crippen LogP contribution in [0.1, 0.15) is 20.3 Å². The molecule has 2 unspecified atom stereocenters. The van der Waals surface area contributed by atoms with Crippen LogP contribution in [-0.2, 0) is 4.79 Å². The van der Waals surface area contributed by atoms with Crippen molar-refractivity contribution in [2.75, 3.05) is 27.2 Å². The lowest BCUT2D eigenvalue weighted by atomic mass is 10.0. The molecule has 0 radical (unpaired) electrons. The third-order valence-corrected chi connectivity index (χ3v) is 2.47. The van der Waals surface area contributed by atoms with Gasteiger partial charge in [0.05, 0.1) is 5.92 Å². The van der Waals surface area contributed by atoms with Gasteiger partial charge in [0.1, 0.15) is 0 Å². The van der Waals surface area contributed by atoms with Crippen LogP contribution in [0.15, 0.2) is 0 Å². The van der Waals surface area contributed by atoms with E-state index in [-0.39, 0.29) is 17.9 Å². The van der Waals surface area contributed by atoms with Gasteiger partial charge in [0.25, 0.3) is 0 Å². The number of rotatable bonds is 6. The van der Waals surface area contributed by atoms with Gasteiger partial charge in [-0.1, -0.05) is 6.92 Å². The lowest BCUT2D eigenvalue weighted by Crippen LogP contribution is -2.40. The van der Waals surface area contributed by atoms with Gasteiger partial charge in [0.15, 0.2) is 0 Å². The Labute approximate surface area is 86.8 Å². The molecule has 0 saturated heterocycles. The van der Waals surface area contributed by atoms with Crippen molar-refractivity contribution in [1.29, 1.82) is 0 Å². The minimum Gasteiger partial charge on any atom is -0.345 e. The number of nitrogens with one attached hydrogen (secondary N) is 1. The number of hydrogen-bond donors (Lipinski definition) is 2. The first-order valence-corrected chi connectivity index (χ1v) is 5.15. The van der Waals surface area contributed by atoms with Gasteiger partial charge in [-0.3, -0.25) is 4.79 Å². The Morgan fingerprint density at radius 2 is 2.07 bits per heavy atom. The fraction of sp³-hybridized carbons (Fsp3) is 0.900. The first-order valence-electron chi connectivity index (χ1n) is 5.15. The second kappa shape index (κ2) is 6.79. The van der Waals surface area contributed by atoms with Crippen molar-refractivity contribution in [3.05, 3.63) is 0 Å². The summed E-state index contributed by atoms with van der Waals surface area (Å²) in [5.41, 5.74) is 5.67. The van der Waals surface area contributed by atoms with Crippen LogP contribution in [-0.4, -0.2) is 44.0 Å². The fourth-order valence-electron chi connectivity index (χ4n) is 1.18. The molecule has 4 heteroatoms. The van der Waals surface area contributed by atoms with Gasteiger partial charge in [-0.2, -0.15) is 0 Å². The lowest BCUT2D eigenvalue weighted by molar-refractivity contribution is -0.134. The maximum absolute atomic E-state index is 11.7. The summed E-state index contributed by atoms with van der Waals surface area (Å²) < 4.78 is 0. The number of nitrogens with zero attached hydrogens (tertiary/aromatic N) is 1. The number of carbonyl (C=O) groups is 1. The zero-order valence-electron chi connectivity index (χ0n) is 9.71. The second-order valence-electron chi connectivity index (χ2n) is 3.86. The Hall–Kier alpha value is -0.610. The molecule has 0 aliphatic carbocycles. The van der Waals surface area contributed by atoms with Crippen LogP contribution in [0.25, 0.3) is 0 Å². The zero-order valence-corrected chi connectivity index (χ0v) is 9.71. The molecule has 0 aromatic carbocycles. The summed E-state index contributed by atoms with van der Waals surface area (Å²) in [7, 11) is 3.74. The molecule has 0 fully saturated rings. The third kappa shape index (κ3) is 4.58. The molecular weight excluding hydrogens is 178 g/mol. The molecule has 0 bridgehead atoms. The van der Waals surface area contributed by atoms with E-state index in [9.17, 15) is 4.79 Å². The normalized spacial score (nSPS) is 14.9. The van der Waals surface area contributed by atoms with Gasteiger partial charge in [-0.25, -0.2) is 0 Å². The SMILES string of the molecule is CNCCCN(C)C(=O)C(C)C(C)N. The van der Waals surface area contributed by atoms with Crippen LogP contribution in [0, 0.1) is 5.92 Å². The smallest absolute Gasteiger partial charge is 0.226 e. The molecule has 4 nitrogen and oxygen atoms in total. The molecule has 14 heavy (non-hydrogen) atoms. The van der Waals surface area contributed by atoms with Gasteiger partial charge in [-0.15, -0.1) is 0 Å². The molecule has 0 aromatic rings. The molecule has 0 spiro atoms. The predicted octanol–water partition coefficient (Wildman–Crippen LogP) is 0.0376. The predicted molar refractivity (Wildman–Crippen MR) is 59.0 cm³/mol. The first-order chi connectivity index (χ1) is 6.50. The van der Waals surface area contributed by atoms with E-state index in [1.165, 1.54) is 0 Å². The lowest BCUT2D eigenvalue weighted by Gasteiger charge is -2.23. The van der Waals surface area contributed by atoms with E-state index in [4.69, 9.17) is 5.73 Å². The minimum atomic E-state index is -0.0883. The van der Waals surface area contributed by atoms with Crippen molar-refractivity contribution in [3.63, 3.8) is 0 Å². The average molecular weight is 201 g/mol. The van der Waals surface area contributed by atoms with E-state index >= 15 is 0 Å². The first kappa shape index (κ1) is 13.4. The Morgan fingerprint density at radius 3 is 2.50 bits per heavy atom. The number of amides is 1. The molecule has 2 atom stereocenters. The molecule has 0 aromatic heterocycles. The molecule has 1 amide bonds. The second-order valence-corrected chi connectivity index (χ2v) is 3.86. The van der Waals surface area contributed by atoms with Gasteiger partial charge in [-0.05, 0) is 26.9 Å². The highest BCUT2D eigenvalue weighted by molar-refractivity contribution is 5.78. The topological polar surface area (TPSA) is 58.4 Å². The quantitative estimate of drug-likeness (QED) is 0.596. The van der Waals surface area contributed by atoms with Crippen molar-refractivity contribution >= 4 is 5.91 Å². The molecule has 3 N–H and O–H groups in total. The molecular formula is C10H23N3O. The molecule has 84 valence electrons. The standard InChI is InChI=1S/C10H23N3O/c1-8(9(2)11)10(14)13(4)7-5-6-12-3/h8-9,12H,5-7,11H2,1-4H3. The van der Waals surface area contributed by atoms with Crippen LogP contribution in [0.2, 0.25) is 0 Å². The minimum absolute atomic E-state index is 0.0748. The van der Waals surface area contributed by atoms with Crippen molar-refractivity contribution < 1.29 is 4.79 Å². The van der Waals surface area contributed by atoms with E-state index in [1.807, 2.05) is 27.9 Å². The van der Waals surface area contributed by atoms with Crippen LogP contribution in [0.4, 0.5) is 0 Å². The molecule has 0 heterocycles. The molecule has 0 aliphatic rings. The summed E-state index contributed by atoms with van der Waals surface area (Å²) in [6.45, 7) is 5.46. The summed E-state index contributed by atoms with van der Waals surface area (Å²) in [4.78, 5) is 13.5. The monoisotopic (exact) mass is 201 g/mol. The Bertz CT molecular complexity index is 171. The van der Waals surface area contributed by atoms with Crippen molar-refractivity contribution in [1.82, 2.24) is 10.2 Å². The number of carbonyl (C=O) groups excluding carboxylic acids is 1. The number of hydrogen-bond acceptors (Lipinski definition) is 3. The van der Waals surface area contributed by atoms with Crippen LogP contribution in [0.3, 0.4) is 0 Å². The van der Waals surface area contributed by atoms with Gasteiger partial charge in [0.2, 0.25) is 5.91 Å². The molecule has 0 saturated carbocycles. The molecule has 0 rings (SSSR count). The highest BCUT2D eigenvalue weighted by Gasteiger charge is 2.20. The highest BCUT2D eigenvalue weighted by Crippen LogP contribution is 2.04. The van der Waals surface area contributed by atoms with Crippen LogP contribution in [0.5, 0.6) is 0 Å². The van der Waals surface area contributed by atoms with E-state index in [0.717, 1.165) is 19.5 Å². The maximum atomic E-state index is 11.7. The Morgan fingerprint density at radius 1 is 1.50 bits per heavy atom. The number of nitrogens with two attached hydrogens (primary N) is 1. The molecule has 0 aliphatic heterocycles. The van der Waals surface area contributed by atoms with Gasteiger partial charge in [0, 0.05) is 19.6 Å². The van der Waals surface area contributed by atoms with E-state index in [0.29, 0.717) is 0 Å². The summed E-state index contributed by atoms with van der Waals surface area (Å²) >= 11 is 0. The van der Waals surface area contributed by atoms with E-state index < -0.39 is 0 Å². The van der Waals surface area contributed by atoms with Gasteiger partial charge < -0.3 is 16.0 Å². The van der Waals surface area contributed by atoms with E-state index in [1.54, 1.807) is 4.90 Å². The summed E-state index contributed by atoms with van der Waals surface area (Å²) in [6.07, 6.45) is 0.977. The van der Waals surface area contributed by atoms with Gasteiger partial charge >= 0.3 is 0 Å². The van der Waals surface area contributed by atoms with Crippen molar-refractivity contribution in [2.45, 2.75) is 26.3 Å². The van der Waals surface area contributed by atoms with Crippen LogP contribution >= 0.6 is 0 Å². The van der Waals surface area contributed by atoms with E-state index in [2.05, 4.69) is 5.32 Å². The third-order valence-electron chi connectivity index (χ3n) is 2.47. The van der Waals surface area contributed by atoms with Crippen molar-refractivity contribution in [2.24, 2.45) is 11.7 Å².